The standard InChI is InChI=1S/C13H18N2O4S/c16-6-5-11(12(17)18)14-13(19)15(9-3-4-9)8-10-2-1-7-20-10/h1-2,7,9,11,16H,3-6,8H2,(H,14,19)(H,17,18)/t11-/m1/s1. The summed E-state index contributed by atoms with van der Waals surface area (Å²) in [6.45, 7) is 0.227. The maximum absolute atomic E-state index is 12.2. The number of urea groups is 1. The number of aliphatic hydroxyl groups is 1. The molecule has 0 unspecified atom stereocenters. The van der Waals surface area contributed by atoms with Gasteiger partial charge in [-0.25, -0.2) is 9.59 Å². The highest BCUT2D eigenvalue weighted by Gasteiger charge is 2.34. The van der Waals surface area contributed by atoms with Crippen LogP contribution < -0.4 is 5.32 Å². The Morgan fingerprint density at radius 2 is 2.25 bits per heavy atom. The van der Waals surface area contributed by atoms with Gasteiger partial charge < -0.3 is 20.4 Å². The highest BCUT2D eigenvalue weighted by Crippen LogP contribution is 2.29. The Bertz CT molecular complexity index is 459. The summed E-state index contributed by atoms with van der Waals surface area (Å²) in [6, 6.07) is 2.66. The highest BCUT2D eigenvalue weighted by atomic mass is 32.1. The molecule has 0 radical (unpaired) electrons. The minimum Gasteiger partial charge on any atom is -0.480 e. The molecule has 0 spiro atoms. The Morgan fingerprint density at radius 1 is 1.50 bits per heavy atom. The van der Waals surface area contributed by atoms with Crippen molar-refractivity contribution in [1.29, 1.82) is 0 Å². The van der Waals surface area contributed by atoms with Gasteiger partial charge in [-0.3, -0.25) is 0 Å². The van der Waals surface area contributed by atoms with Crippen LogP contribution in [-0.2, 0) is 11.3 Å². The quantitative estimate of drug-likeness (QED) is 0.707. The number of hydrogen-bond donors (Lipinski definition) is 3. The molecular weight excluding hydrogens is 280 g/mol. The number of hydrogen-bond acceptors (Lipinski definition) is 4. The van der Waals surface area contributed by atoms with E-state index in [0.29, 0.717) is 6.54 Å². The molecule has 1 atom stereocenters. The summed E-state index contributed by atoms with van der Waals surface area (Å²) in [5, 5.41) is 22.3. The van der Waals surface area contributed by atoms with E-state index >= 15 is 0 Å². The van der Waals surface area contributed by atoms with Gasteiger partial charge in [0.15, 0.2) is 0 Å². The van der Waals surface area contributed by atoms with Crippen LogP contribution in [0.3, 0.4) is 0 Å². The first kappa shape index (κ1) is 14.8. The Morgan fingerprint density at radius 3 is 2.75 bits per heavy atom. The molecule has 0 bridgehead atoms. The summed E-state index contributed by atoms with van der Waals surface area (Å²) >= 11 is 1.57. The average molecular weight is 298 g/mol. The van der Waals surface area contributed by atoms with Gasteiger partial charge in [0.05, 0.1) is 6.54 Å². The fraction of sp³-hybridized carbons (Fsp3) is 0.538. The van der Waals surface area contributed by atoms with Gasteiger partial charge in [-0.15, -0.1) is 11.3 Å². The van der Waals surface area contributed by atoms with Crippen molar-refractivity contribution >= 4 is 23.3 Å². The lowest BCUT2D eigenvalue weighted by atomic mass is 10.2. The lowest BCUT2D eigenvalue weighted by Crippen LogP contribution is -2.48. The molecule has 3 N–H and O–H groups in total. The van der Waals surface area contributed by atoms with E-state index in [9.17, 15) is 9.59 Å². The Hall–Kier alpha value is -1.60. The lowest BCUT2D eigenvalue weighted by Gasteiger charge is -2.24. The third-order valence-electron chi connectivity index (χ3n) is 3.17. The van der Waals surface area contributed by atoms with E-state index in [1.54, 1.807) is 16.2 Å². The number of carbonyl (C=O) groups excluding carboxylic acids is 1. The second-order valence-electron chi connectivity index (χ2n) is 4.79. The predicted molar refractivity (Wildman–Crippen MR) is 74.5 cm³/mol. The summed E-state index contributed by atoms with van der Waals surface area (Å²) in [7, 11) is 0. The zero-order chi connectivity index (χ0) is 14.5. The smallest absolute Gasteiger partial charge is 0.326 e. The maximum atomic E-state index is 12.2. The molecule has 1 aromatic rings. The van der Waals surface area contributed by atoms with Gasteiger partial charge in [-0.1, -0.05) is 6.07 Å². The van der Waals surface area contributed by atoms with Crippen molar-refractivity contribution < 1.29 is 19.8 Å². The van der Waals surface area contributed by atoms with Gasteiger partial charge in [0.25, 0.3) is 0 Å². The fourth-order valence-corrected chi connectivity index (χ4v) is 2.64. The van der Waals surface area contributed by atoms with Crippen LogP contribution in [0.15, 0.2) is 17.5 Å². The zero-order valence-electron chi connectivity index (χ0n) is 11.0. The summed E-state index contributed by atoms with van der Waals surface area (Å²) < 4.78 is 0. The molecule has 110 valence electrons. The Balaban J connectivity index is 1.97. The van der Waals surface area contributed by atoms with E-state index in [1.165, 1.54) is 0 Å². The lowest BCUT2D eigenvalue weighted by molar-refractivity contribution is -0.139. The second-order valence-corrected chi connectivity index (χ2v) is 5.82. The van der Waals surface area contributed by atoms with Gasteiger partial charge >= 0.3 is 12.0 Å². The number of carbonyl (C=O) groups is 2. The van der Waals surface area contributed by atoms with Gasteiger partial charge in [0.1, 0.15) is 6.04 Å². The molecule has 1 aliphatic carbocycles. The molecular formula is C13H18N2O4S. The molecule has 1 fully saturated rings. The molecule has 1 heterocycles. The molecule has 7 heteroatoms. The topological polar surface area (TPSA) is 89.9 Å². The monoisotopic (exact) mass is 298 g/mol. The maximum Gasteiger partial charge on any atom is 0.326 e. The van der Waals surface area contributed by atoms with Crippen LogP contribution >= 0.6 is 11.3 Å². The van der Waals surface area contributed by atoms with Gasteiger partial charge in [0, 0.05) is 23.9 Å². The van der Waals surface area contributed by atoms with Crippen LogP contribution in [0.5, 0.6) is 0 Å². The second kappa shape index (κ2) is 6.71. The first-order chi connectivity index (χ1) is 9.61. The van der Waals surface area contributed by atoms with Crippen molar-refractivity contribution in [3.8, 4) is 0 Å². The van der Waals surface area contributed by atoms with Crippen molar-refractivity contribution in [3.05, 3.63) is 22.4 Å². The van der Waals surface area contributed by atoms with Crippen molar-refractivity contribution in [2.24, 2.45) is 0 Å². The van der Waals surface area contributed by atoms with E-state index in [0.717, 1.165) is 17.7 Å². The number of carboxylic acid groups (broad SMARTS) is 1. The molecule has 0 aromatic carbocycles. The minimum absolute atomic E-state index is 0.0125. The van der Waals surface area contributed by atoms with Crippen LogP contribution in [0.4, 0.5) is 4.79 Å². The third-order valence-corrected chi connectivity index (χ3v) is 4.03. The largest absolute Gasteiger partial charge is 0.480 e. The van der Waals surface area contributed by atoms with Gasteiger partial charge in [-0.05, 0) is 24.3 Å². The van der Waals surface area contributed by atoms with E-state index in [-0.39, 0.29) is 25.1 Å². The Labute approximate surface area is 121 Å². The molecule has 1 aliphatic rings. The predicted octanol–water partition coefficient (Wildman–Crippen LogP) is 1.26. The summed E-state index contributed by atoms with van der Waals surface area (Å²) in [6.07, 6.45) is 1.92. The number of rotatable bonds is 7. The highest BCUT2D eigenvalue weighted by molar-refractivity contribution is 7.09. The number of nitrogens with one attached hydrogen (secondary N) is 1. The molecule has 20 heavy (non-hydrogen) atoms. The van der Waals surface area contributed by atoms with Crippen LogP contribution in [0.25, 0.3) is 0 Å². The number of thiophene rings is 1. The number of aliphatic carboxylic acids is 1. The first-order valence-corrected chi connectivity index (χ1v) is 7.43. The third kappa shape index (κ3) is 3.94. The van der Waals surface area contributed by atoms with Crippen LogP contribution in [0, 0.1) is 0 Å². The van der Waals surface area contributed by atoms with E-state index < -0.39 is 12.0 Å². The Kier molecular flexibility index (Phi) is 4.97. The number of carboxylic acids is 1. The summed E-state index contributed by atoms with van der Waals surface area (Å²) in [5.41, 5.74) is 0. The van der Waals surface area contributed by atoms with Crippen molar-refractivity contribution in [1.82, 2.24) is 10.2 Å². The SMILES string of the molecule is O=C(O)[C@@H](CCO)NC(=O)N(Cc1cccs1)C1CC1. The van der Waals surface area contributed by atoms with Crippen molar-refractivity contribution in [2.75, 3.05) is 6.61 Å². The van der Waals surface area contributed by atoms with Crippen molar-refractivity contribution in [3.63, 3.8) is 0 Å². The normalized spacial score (nSPS) is 15.7. The van der Waals surface area contributed by atoms with E-state index in [2.05, 4.69) is 5.32 Å². The van der Waals surface area contributed by atoms with Gasteiger partial charge in [-0.2, -0.15) is 0 Å². The number of amides is 2. The average Bonchev–Trinajstić information content (AvgIpc) is 3.12. The van der Waals surface area contributed by atoms with Crippen LogP contribution in [-0.4, -0.2) is 45.8 Å². The first-order valence-electron chi connectivity index (χ1n) is 6.55. The number of nitrogens with zero attached hydrogens (tertiary/aromatic N) is 1. The molecule has 0 saturated heterocycles. The van der Waals surface area contributed by atoms with Crippen LogP contribution in [0.2, 0.25) is 0 Å². The zero-order valence-corrected chi connectivity index (χ0v) is 11.8. The van der Waals surface area contributed by atoms with E-state index in [1.807, 2.05) is 17.5 Å². The minimum atomic E-state index is -1.13. The summed E-state index contributed by atoms with van der Waals surface area (Å²) in [5.74, 6) is -1.13. The van der Waals surface area contributed by atoms with Crippen LogP contribution in [0.1, 0.15) is 24.1 Å². The van der Waals surface area contributed by atoms with Crippen molar-refractivity contribution in [2.45, 2.75) is 37.9 Å². The molecule has 0 aliphatic heterocycles. The number of aliphatic hydroxyl groups excluding tert-OH is 1. The summed E-state index contributed by atoms with van der Waals surface area (Å²) in [4.78, 5) is 26.0. The molecule has 6 nitrogen and oxygen atoms in total. The molecule has 2 rings (SSSR count). The molecule has 2 amide bonds. The molecule has 1 saturated carbocycles. The van der Waals surface area contributed by atoms with Gasteiger partial charge in [0.2, 0.25) is 0 Å². The fourth-order valence-electron chi connectivity index (χ4n) is 1.94. The van der Waals surface area contributed by atoms with E-state index in [4.69, 9.17) is 10.2 Å². The molecule has 1 aromatic heterocycles.